The molecule has 0 aliphatic heterocycles. The van der Waals surface area contributed by atoms with Gasteiger partial charge in [0.2, 0.25) is 0 Å². The molecule has 2 nitrogen and oxygen atoms in total. The van der Waals surface area contributed by atoms with Crippen LogP contribution in [-0.4, -0.2) is 13.2 Å². The summed E-state index contributed by atoms with van der Waals surface area (Å²) in [5.41, 5.74) is 1.14. The minimum atomic E-state index is -0.499. The highest BCUT2D eigenvalue weighted by atomic mass is 19.1. The Morgan fingerprint density at radius 2 is 1.71 bits per heavy atom. The molecule has 0 bridgehead atoms. The third kappa shape index (κ3) is 4.02. The zero-order chi connectivity index (χ0) is 15.2. The van der Waals surface area contributed by atoms with E-state index in [0.29, 0.717) is 13.0 Å². The molecule has 2 aromatic carbocycles. The van der Waals surface area contributed by atoms with E-state index in [-0.39, 0.29) is 11.6 Å². The number of nitrogens with one attached hydrogen (secondary N) is 1. The summed E-state index contributed by atoms with van der Waals surface area (Å²) < 4.78 is 32.5. The van der Waals surface area contributed by atoms with Gasteiger partial charge in [0.15, 0.2) is 0 Å². The molecule has 0 amide bonds. The molecule has 2 rings (SSSR count). The number of methoxy groups -OCH3 is 1. The van der Waals surface area contributed by atoms with Gasteiger partial charge in [0.1, 0.15) is 17.4 Å². The highest BCUT2D eigenvalue weighted by molar-refractivity contribution is 5.33. The standard InChI is InChI=1S/C17H19F2NO/c1-12(10-14-15(18)7-5-8-16(14)19)20-11-13-6-3-4-9-17(13)21-2/h3-9,12,20H,10-11H2,1-2H3. The summed E-state index contributed by atoms with van der Waals surface area (Å²) in [6, 6.07) is 11.6. The predicted octanol–water partition coefficient (Wildman–Crippen LogP) is 3.69. The summed E-state index contributed by atoms with van der Waals surface area (Å²) in [7, 11) is 1.62. The van der Waals surface area contributed by atoms with E-state index in [2.05, 4.69) is 5.32 Å². The van der Waals surface area contributed by atoms with Gasteiger partial charge in [-0.3, -0.25) is 0 Å². The Hall–Kier alpha value is -1.94. The lowest BCUT2D eigenvalue weighted by molar-refractivity contribution is 0.405. The monoisotopic (exact) mass is 291 g/mol. The van der Waals surface area contributed by atoms with Crippen LogP contribution in [0.15, 0.2) is 42.5 Å². The first-order valence-electron chi connectivity index (χ1n) is 6.90. The zero-order valence-corrected chi connectivity index (χ0v) is 12.2. The van der Waals surface area contributed by atoms with Gasteiger partial charge in [0, 0.05) is 23.7 Å². The molecule has 0 aliphatic carbocycles. The van der Waals surface area contributed by atoms with Crippen molar-refractivity contribution in [3.05, 3.63) is 65.2 Å². The highest BCUT2D eigenvalue weighted by Gasteiger charge is 2.12. The average molecular weight is 291 g/mol. The number of ether oxygens (including phenoxy) is 1. The van der Waals surface area contributed by atoms with Crippen molar-refractivity contribution in [1.29, 1.82) is 0 Å². The van der Waals surface area contributed by atoms with Crippen molar-refractivity contribution in [2.75, 3.05) is 7.11 Å². The van der Waals surface area contributed by atoms with Crippen LogP contribution in [-0.2, 0) is 13.0 Å². The summed E-state index contributed by atoms with van der Waals surface area (Å²) in [5, 5.41) is 3.26. The summed E-state index contributed by atoms with van der Waals surface area (Å²) in [5.74, 6) is -0.198. The second-order valence-corrected chi connectivity index (χ2v) is 5.00. The molecule has 0 aliphatic rings. The summed E-state index contributed by atoms with van der Waals surface area (Å²) >= 11 is 0. The van der Waals surface area contributed by atoms with E-state index in [0.717, 1.165) is 11.3 Å². The molecule has 1 atom stereocenters. The average Bonchev–Trinajstić information content (AvgIpc) is 2.49. The van der Waals surface area contributed by atoms with Crippen LogP contribution in [0.5, 0.6) is 5.75 Å². The van der Waals surface area contributed by atoms with Crippen LogP contribution in [0.2, 0.25) is 0 Å². The Bertz CT molecular complexity index is 581. The highest BCUT2D eigenvalue weighted by Crippen LogP contribution is 2.18. The lowest BCUT2D eigenvalue weighted by Gasteiger charge is -2.16. The van der Waals surface area contributed by atoms with Gasteiger partial charge in [-0.1, -0.05) is 24.3 Å². The quantitative estimate of drug-likeness (QED) is 0.876. The minimum absolute atomic E-state index is 0.0543. The second-order valence-electron chi connectivity index (χ2n) is 5.00. The number of halogens is 2. The molecule has 21 heavy (non-hydrogen) atoms. The van der Waals surface area contributed by atoms with Crippen molar-refractivity contribution in [2.45, 2.75) is 25.9 Å². The fourth-order valence-corrected chi connectivity index (χ4v) is 2.24. The maximum atomic E-state index is 13.6. The van der Waals surface area contributed by atoms with Crippen LogP contribution in [0.4, 0.5) is 8.78 Å². The third-order valence-electron chi connectivity index (χ3n) is 3.41. The number of hydrogen-bond donors (Lipinski definition) is 1. The van der Waals surface area contributed by atoms with E-state index in [1.807, 2.05) is 31.2 Å². The molecule has 1 unspecified atom stereocenters. The van der Waals surface area contributed by atoms with Crippen molar-refractivity contribution in [3.63, 3.8) is 0 Å². The topological polar surface area (TPSA) is 21.3 Å². The van der Waals surface area contributed by atoms with Gasteiger partial charge in [-0.15, -0.1) is 0 Å². The van der Waals surface area contributed by atoms with Crippen LogP contribution in [0.25, 0.3) is 0 Å². The Morgan fingerprint density at radius 3 is 2.38 bits per heavy atom. The van der Waals surface area contributed by atoms with Crippen LogP contribution in [0.3, 0.4) is 0 Å². The first-order valence-corrected chi connectivity index (χ1v) is 6.90. The molecule has 0 saturated carbocycles. The van der Waals surface area contributed by atoms with E-state index < -0.39 is 11.6 Å². The molecule has 0 heterocycles. The van der Waals surface area contributed by atoms with Gasteiger partial charge >= 0.3 is 0 Å². The SMILES string of the molecule is COc1ccccc1CNC(C)Cc1c(F)cccc1F. The predicted molar refractivity (Wildman–Crippen MR) is 79.4 cm³/mol. The molecule has 112 valence electrons. The van der Waals surface area contributed by atoms with Crippen LogP contribution < -0.4 is 10.1 Å². The van der Waals surface area contributed by atoms with Crippen molar-refractivity contribution < 1.29 is 13.5 Å². The van der Waals surface area contributed by atoms with Gasteiger partial charge < -0.3 is 10.1 Å². The number of hydrogen-bond acceptors (Lipinski definition) is 2. The molecule has 0 spiro atoms. The molecule has 0 radical (unpaired) electrons. The Morgan fingerprint density at radius 1 is 1.05 bits per heavy atom. The molecule has 0 fully saturated rings. The van der Waals surface area contributed by atoms with Crippen molar-refractivity contribution in [3.8, 4) is 5.75 Å². The van der Waals surface area contributed by atoms with Crippen LogP contribution >= 0.6 is 0 Å². The van der Waals surface area contributed by atoms with Crippen LogP contribution in [0.1, 0.15) is 18.1 Å². The van der Waals surface area contributed by atoms with Gasteiger partial charge in [0.25, 0.3) is 0 Å². The third-order valence-corrected chi connectivity index (χ3v) is 3.41. The van der Waals surface area contributed by atoms with Gasteiger partial charge in [0.05, 0.1) is 7.11 Å². The lowest BCUT2D eigenvalue weighted by atomic mass is 10.1. The molecule has 1 N–H and O–H groups in total. The largest absolute Gasteiger partial charge is 0.496 e. The van der Waals surface area contributed by atoms with Gasteiger partial charge in [-0.25, -0.2) is 8.78 Å². The molecule has 2 aromatic rings. The number of rotatable bonds is 6. The molecular formula is C17H19F2NO. The van der Waals surface area contributed by atoms with Crippen LogP contribution in [0, 0.1) is 11.6 Å². The normalized spacial score (nSPS) is 12.2. The second kappa shape index (κ2) is 7.18. The number of para-hydroxylation sites is 1. The molecule has 4 heteroatoms. The summed E-state index contributed by atoms with van der Waals surface area (Å²) in [6.07, 6.45) is 0.299. The van der Waals surface area contributed by atoms with E-state index in [9.17, 15) is 8.78 Å². The van der Waals surface area contributed by atoms with Crippen molar-refractivity contribution >= 4 is 0 Å². The first kappa shape index (κ1) is 15.4. The van der Waals surface area contributed by atoms with E-state index in [4.69, 9.17) is 4.74 Å². The smallest absolute Gasteiger partial charge is 0.129 e. The Kier molecular flexibility index (Phi) is 5.28. The van der Waals surface area contributed by atoms with Crippen molar-refractivity contribution in [2.24, 2.45) is 0 Å². The van der Waals surface area contributed by atoms with Gasteiger partial charge in [-0.2, -0.15) is 0 Å². The Balaban J connectivity index is 1.98. The lowest BCUT2D eigenvalue weighted by Crippen LogP contribution is -2.28. The first-order chi connectivity index (χ1) is 10.1. The summed E-state index contributed by atoms with van der Waals surface area (Å²) in [6.45, 7) is 2.49. The van der Waals surface area contributed by atoms with Crippen molar-refractivity contribution in [1.82, 2.24) is 5.32 Å². The molecule has 0 aromatic heterocycles. The van der Waals surface area contributed by atoms with E-state index >= 15 is 0 Å². The number of benzene rings is 2. The molecule has 0 saturated heterocycles. The fourth-order valence-electron chi connectivity index (χ4n) is 2.24. The minimum Gasteiger partial charge on any atom is -0.496 e. The van der Waals surface area contributed by atoms with E-state index in [1.165, 1.54) is 18.2 Å². The van der Waals surface area contributed by atoms with Gasteiger partial charge in [-0.05, 0) is 31.5 Å². The maximum Gasteiger partial charge on any atom is 0.129 e. The maximum absolute atomic E-state index is 13.6. The fraction of sp³-hybridized carbons (Fsp3) is 0.294. The Labute approximate surface area is 123 Å². The molecular weight excluding hydrogens is 272 g/mol. The zero-order valence-electron chi connectivity index (χ0n) is 12.2. The summed E-state index contributed by atoms with van der Waals surface area (Å²) in [4.78, 5) is 0. The van der Waals surface area contributed by atoms with E-state index in [1.54, 1.807) is 7.11 Å².